The number of carbonyl (C=O) groups is 1. The number of hydrogen-bond acceptors (Lipinski definition) is 3. The van der Waals surface area contributed by atoms with Gasteiger partial charge in [0.25, 0.3) is 0 Å². The number of hydrogen-bond donors (Lipinski definition) is 3. The van der Waals surface area contributed by atoms with Crippen LogP contribution in [0.15, 0.2) is 0 Å². The molecule has 0 aromatic rings. The summed E-state index contributed by atoms with van der Waals surface area (Å²) in [6.45, 7) is 2.94. The Morgan fingerprint density at radius 1 is 0.800 bits per heavy atom. The van der Waals surface area contributed by atoms with E-state index in [9.17, 15) is 9.90 Å². The predicted octanol–water partition coefficient (Wildman–Crippen LogP) is 4.72. The topological polar surface area (TPSA) is 69.6 Å². The zero-order valence-corrected chi connectivity index (χ0v) is 16.6. The zero-order valence-electron chi connectivity index (χ0n) is 16.6. The van der Waals surface area contributed by atoms with E-state index in [1.54, 1.807) is 0 Å². The molecular weight excluding hydrogens is 314 g/mol. The van der Waals surface area contributed by atoms with Crippen LogP contribution < -0.4 is 5.32 Å². The molecule has 0 bridgehead atoms. The fraction of sp³-hybridized carbons (Fsp3) is 0.952. The van der Waals surface area contributed by atoms with Gasteiger partial charge in [0.1, 0.15) is 0 Å². The molecule has 0 radical (unpaired) electrons. The molecule has 0 spiro atoms. The van der Waals surface area contributed by atoms with E-state index in [0.717, 1.165) is 32.1 Å². The largest absolute Gasteiger partial charge is 0.396 e. The lowest BCUT2D eigenvalue weighted by Gasteiger charge is -2.10. The Bertz CT molecular complexity index is 284. The van der Waals surface area contributed by atoms with Crippen molar-refractivity contribution in [1.82, 2.24) is 5.32 Å². The van der Waals surface area contributed by atoms with Crippen LogP contribution in [0.4, 0.5) is 0 Å². The van der Waals surface area contributed by atoms with Crippen molar-refractivity contribution in [2.45, 2.75) is 116 Å². The van der Waals surface area contributed by atoms with Crippen molar-refractivity contribution < 1.29 is 15.0 Å². The molecule has 1 atom stereocenters. The molecule has 0 saturated heterocycles. The van der Waals surface area contributed by atoms with Gasteiger partial charge < -0.3 is 15.5 Å². The molecule has 0 aliphatic heterocycles. The summed E-state index contributed by atoms with van der Waals surface area (Å²) in [6, 6.07) is 0. The maximum absolute atomic E-state index is 11.5. The first kappa shape index (κ1) is 24.4. The molecule has 0 rings (SSSR count). The number of nitrogens with one attached hydrogen (secondary N) is 1. The van der Waals surface area contributed by atoms with Crippen molar-refractivity contribution in [3.63, 3.8) is 0 Å². The van der Waals surface area contributed by atoms with Crippen LogP contribution in [0.3, 0.4) is 0 Å². The van der Waals surface area contributed by atoms with Crippen LogP contribution in [0.5, 0.6) is 0 Å². The van der Waals surface area contributed by atoms with E-state index in [1.165, 1.54) is 57.8 Å². The van der Waals surface area contributed by atoms with E-state index in [1.807, 2.05) is 0 Å². The minimum absolute atomic E-state index is 0.0830. The fourth-order valence-electron chi connectivity index (χ4n) is 3.07. The average Bonchev–Trinajstić information content (AvgIpc) is 2.60. The third-order valence-corrected chi connectivity index (χ3v) is 4.74. The third kappa shape index (κ3) is 19.6. The van der Waals surface area contributed by atoms with Gasteiger partial charge in [-0.25, -0.2) is 0 Å². The summed E-state index contributed by atoms with van der Waals surface area (Å²) in [5.41, 5.74) is 0. The Kier molecular flexibility index (Phi) is 19.2. The second-order valence-corrected chi connectivity index (χ2v) is 7.30. The van der Waals surface area contributed by atoms with Gasteiger partial charge in [-0.15, -0.1) is 0 Å². The number of rotatable bonds is 19. The maximum atomic E-state index is 11.5. The Balaban J connectivity index is 3.19. The molecule has 0 aliphatic rings. The summed E-state index contributed by atoms with van der Waals surface area (Å²) in [6.07, 6.45) is 17.6. The standard InChI is InChI=1S/C21H43NO3/c1-2-3-4-11-15-20(24)16-12-9-7-5-6-8-10-13-17-21(25)22-18-14-19-23/h20,23-24H,2-19H2,1H3,(H,22,25)/t20-/m1/s1. The summed E-state index contributed by atoms with van der Waals surface area (Å²) in [5.74, 6) is 0.113. The summed E-state index contributed by atoms with van der Waals surface area (Å²) in [7, 11) is 0. The van der Waals surface area contributed by atoms with Crippen molar-refractivity contribution in [3.8, 4) is 0 Å². The minimum atomic E-state index is -0.0830. The molecule has 0 unspecified atom stereocenters. The Hall–Kier alpha value is -0.610. The number of carbonyl (C=O) groups excluding carboxylic acids is 1. The number of unbranched alkanes of at least 4 members (excludes halogenated alkanes) is 10. The second-order valence-electron chi connectivity index (χ2n) is 7.30. The molecular formula is C21H43NO3. The highest BCUT2D eigenvalue weighted by molar-refractivity contribution is 5.75. The van der Waals surface area contributed by atoms with Crippen LogP contribution in [0.25, 0.3) is 0 Å². The smallest absolute Gasteiger partial charge is 0.219 e. The van der Waals surface area contributed by atoms with Crippen LogP contribution in [0.2, 0.25) is 0 Å². The summed E-state index contributed by atoms with van der Waals surface area (Å²) in [5, 5.41) is 21.4. The van der Waals surface area contributed by atoms with Crippen molar-refractivity contribution >= 4 is 5.91 Å². The van der Waals surface area contributed by atoms with Crippen LogP contribution in [0, 0.1) is 0 Å². The summed E-state index contributed by atoms with van der Waals surface area (Å²) < 4.78 is 0. The van der Waals surface area contributed by atoms with Crippen molar-refractivity contribution in [2.75, 3.05) is 13.2 Å². The normalized spacial score (nSPS) is 12.3. The monoisotopic (exact) mass is 357 g/mol. The molecule has 25 heavy (non-hydrogen) atoms. The van der Waals surface area contributed by atoms with E-state index in [2.05, 4.69) is 12.2 Å². The first-order valence-electron chi connectivity index (χ1n) is 10.8. The predicted molar refractivity (Wildman–Crippen MR) is 106 cm³/mol. The van der Waals surface area contributed by atoms with Gasteiger partial charge in [-0.1, -0.05) is 77.6 Å². The quantitative estimate of drug-likeness (QED) is 0.293. The SMILES string of the molecule is CCCCCC[C@@H](O)CCCCCCCCCCC(=O)NCCCO. The van der Waals surface area contributed by atoms with Crippen molar-refractivity contribution in [2.24, 2.45) is 0 Å². The molecule has 3 N–H and O–H groups in total. The molecule has 4 nitrogen and oxygen atoms in total. The van der Waals surface area contributed by atoms with E-state index in [-0.39, 0.29) is 18.6 Å². The van der Waals surface area contributed by atoms with E-state index in [0.29, 0.717) is 19.4 Å². The van der Waals surface area contributed by atoms with Crippen molar-refractivity contribution in [1.29, 1.82) is 0 Å². The van der Waals surface area contributed by atoms with Gasteiger partial charge in [0.05, 0.1) is 6.10 Å². The molecule has 0 saturated carbocycles. The molecule has 0 fully saturated rings. The summed E-state index contributed by atoms with van der Waals surface area (Å²) >= 11 is 0. The molecule has 4 heteroatoms. The van der Waals surface area contributed by atoms with Crippen LogP contribution >= 0.6 is 0 Å². The number of amides is 1. The first-order valence-corrected chi connectivity index (χ1v) is 10.8. The lowest BCUT2D eigenvalue weighted by molar-refractivity contribution is -0.121. The molecule has 0 aliphatic carbocycles. The molecule has 150 valence electrons. The average molecular weight is 358 g/mol. The number of aliphatic hydroxyl groups excluding tert-OH is 2. The lowest BCUT2D eigenvalue weighted by atomic mass is 10.0. The maximum Gasteiger partial charge on any atom is 0.219 e. The van der Waals surface area contributed by atoms with Crippen LogP contribution in [-0.4, -0.2) is 35.4 Å². The highest BCUT2D eigenvalue weighted by Crippen LogP contribution is 2.14. The van der Waals surface area contributed by atoms with Crippen molar-refractivity contribution in [3.05, 3.63) is 0 Å². The third-order valence-electron chi connectivity index (χ3n) is 4.74. The van der Waals surface area contributed by atoms with Crippen LogP contribution in [-0.2, 0) is 4.79 Å². The van der Waals surface area contributed by atoms with Gasteiger partial charge in [-0.05, 0) is 25.7 Å². The highest BCUT2D eigenvalue weighted by atomic mass is 16.3. The van der Waals surface area contributed by atoms with E-state index >= 15 is 0 Å². The Labute approximate surface area is 155 Å². The zero-order chi connectivity index (χ0) is 18.6. The van der Waals surface area contributed by atoms with Gasteiger partial charge in [-0.3, -0.25) is 4.79 Å². The Morgan fingerprint density at radius 3 is 1.88 bits per heavy atom. The van der Waals surface area contributed by atoms with Gasteiger partial charge in [0, 0.05) is 19.6 Å². The second kappa shape index (κ2) is 19.7. The summed E-state index contributed by atoms with van der Waals surface area (Å²) in [4.78, 5) is 11.5. The molecule has 0 aromatic carbocycles. The van der Waals surface area contributed by atoms with E-state index < -0.39 is 0 Å². The first-order chi connectivity index (χ1) is 12.2. The molecule has 0 aromatic heterocycles. The van der Waals surface area contributed by atoms with E-state index in [4.69, 9.17) is 5.11 Å². The lowest BCUT2D eigenvalue weighted by Crippen LogP contribution is -2.24. The van der Waals surface area contributed by atoms with Gasteiger partial charge in [0.15, 0.2) is 0 Å². The highest BCUT2D eigenvalue weighted by Gasteiger charge is 2.03. The molecule has 1 amide bonds. The minimum Gasteiger partial charge on any atom is -0.396 e. The molecule has 0 heterocycles. The van der Waals surface area contributed by atoms with Gasteiger partial charge in [-0.2, -0.15) is 0 Å². The Morgan fingerprint density at radius 2 is 1.32 bits per heavy atom. The van der Waals surface area contributed by atoms with Gasteiger partial charge >= 0.3 is 0 Å². The fourth-order valence-corrected chi connectivity index (χ4v) is 3.07. The van der Waals surface area contributed by atoms with Gasteiger partial charge in [0.2, 0.25) is 5.91 Å². The number of aliphatic hydroxyl groups is 2. The van der Waals surface area contributed by atoms with Crippen LogP contribution in [0.1, 0.15) is 110 Å².